The summed E-state index contributed by atoms with van der Waals surface area (Å²) in [7, 11) is 0. The molecule has 0 saturated carbocycles. The molecule has 0 radical (unpaired) electrons. The Morgan fingerprint density at radius 2 is 1.42 bits per heavy atom. The van der Waals surface area contributed by atoms with E-state index in [2.05, 4.69) is 68.4 Å². The zero-order valence-electron chi connectivity index (χ0n) is 16.2. The van der Waals surface area contributed by atoms with E-state index in [1.54, 1.807) is 11.1 Å². The maximum Gasteiger partial charge on any atom is -0.0118 e. The average Bonchev–Trinajstić information content (AvgIpc) is 2.68. The topological polar surface area (TPSA) is 0 Å². The van der Waals surface area contributed by atoms with Crippen molar-refractivity contribution >= 4 is 10.8 Å². The van der Waals surface area contributed by atoms with Crippen LogP contribution in [0.4, 0.5) is 0 Å². The second-order valence-electron chi connectivity index (χ2n) is 7.98. The van der Waals surface area contributed by atoms with E-state index < -0.39 is 0 Å². The van der Waals surface area contributed by atoms with Crippen molar-refractivity contribution in [2.45, 2.75) is 64.7 Å². The van der Waals surface area contributed by atoms with Gasteiger partial charge in [0.15, 0.2) is 0 Å². The number of hydrogen-bond acceptors (Lipinski definition) is 0. The average molecular weight is 343 g/mol. The zero-order valence-corrected chi connectivity index (χ0v) is 16.2. The van der Waals surface area contributed by atoms with Crippen LogP contribution in [0.15, 0.2) is 54.6 Å². The minimum absolute atomic E-state index is 0.666. The fourth-order valence-electron chi connectivity index (χ4n) is 4.55. The molecule has 1 unspecified atom stereocenters. The van der Waals surface area contributed by atoms with Crippen LogP contribution in [0.1, 0.15) is 66.8 Å². The summed E-state index contributed by atoms with van der Waals surface area (Å²) in [5.74, 6) is 0.666. The van der Waals surface area contributed by atoms with Crippen LogP contribution in [0.3, 0.4) is 0 Å². The Morgan fingerprint density at radius 3 is 2.23 bits per heavy atom. The molecule has 0 fully saturated rings. The van der Waals surface area contributed by atoms with E-state index in [-0.39, 0.29) is 0 Å². The third-order valence-corrected chi connectivity index (χ3v) is 5.98. The monoisotopic (exact) mass is 342 g/mol. The van der Waals surface area contributed by atoms with Crippen LogP contribution in [0, 0.1) is 0 Å². The van der Waals surface area contributed by atoms with Gasteiger partial charge in [-0.1, -0.05) is 81.3 Å². The predicted molar refractivity (Wildman–Crippen MR) is 113 cm³/mol. The summed E-state index contributed by atoms with van der Waals surface area (Å²) in [6.07, 6.45) is 8.54. The SMILES string of the molecule is CCCc1ccc2c(c1)CCC(c1ccc3cc(CCC)ccc3c1)C2. The number of benzene rings is 3. The molecule has 0 heteroatoms. The van der Waals surface area contributed by atoms with Crippen LogP contribution in [0.2, 0.25) is 0 Å². The molecule has 0 heterocycles. The third-order valence-electron chi connectivity index (χ3n) is 5.98. The number of aryl methyl sites for hydroxylation is 3. The highest BCUT2D eigenvalue weighted by Crippen LogP contribution is 2.34. The van der Waals surface area contributed by atoms with Gasteiger partial charge < -0.3 is 0 Å². The zero-order chi connectivity index (χ0) is 17.9. The van der Waals surface area contributed by atoms with Gasteiger partial charge in [-0.3, -0.25) is 0 Å². The van der Waals surface area contributed by atoms with Crippen molar-refractivity contribution in [1.82, 2.24) is 0 Å². The molecule has 3 aromatic rings. The summed E-state index contributed by atoms with van der Waals surface area (Å²) in [5.41, 5.74) is 7.65. The molecule has 1 aliphatic carbocycles. The van der Waals surface area contributed by atoms with Crippen LogP contribution in [0.5, 0.6) is 0 Å². The van der Waals surface area contributed by atoms with Gasteiger partial charge in [-0.15, -0.1) is 0 Å². The van der Waals surface area contributed by atoms with Gasteiger partial charge in [0.05, 0.1) is 0 Å². The summed E-state index contributed by atoms with van der Waals surface area (Å²) < 4.78 is 0. The summed E-state index contributed by atoms with van der Waals surface area (Å²) in [6.45, 7) is 4.51. The van der Waals surface area contributed by atoms with Gasteiger partial charge in [0.2, 0.25) is 0 Å². The lowest BCUT2D eigenvalue weighted by Gasteiger charge is -2.26. The normalized spacial score (nSPS) is 16.6. The summed E-state index contributed by atoms with van der Waals surface area (Å²) >= 11 is 0. The standard InChI is InChI=1S/C26H30/c1-3-5-19-7-9-23-17-25(13-11-21(23)15-19)26-14-12-22-16-20(6-4-2)8-10-24(22)18-26/h7-11,13,15-17,26H,3-6,12,14,18H2,1-2H3. The van der Waals surface area contributed by atoms with Gasteiger partial charge in [0.1, 0.15) is 0 Å². The van der Waals surface area contributed by atoms with Crippen molar-refractivity contribution < 1.29 is 0 Å². The van der Waals surface area contributed by atoms with E-state index >= 15 is 0 Å². The van der Waals surface area contributed by atoms with E-state index in [1.807, 2.05) is 0 Å². The van der Waals surface area contributed by atoms with E-state index in [0.29, 0.717) is 5.92 Å². The predicted octanol–water partition coefficient (Wildman–Crippen LogP) is 7.02. The van der Waals surface area contributed by atoms with Gasteiger partial charge in [0, 0.05) is 0 Å². The van der Waals surface area contributed by atoms with E-state index in [1.165, 1.54) is 72.4 Å². The molecule has 0 nitrogen and oxygen atoms in total. The molecule has 0 aromatic heterocycles. The molecule has 0 amide bonds. The lowest BCUT2D eigenvalue weighted by molar-refractivity contribution is 0.584. The Labute approximate surface area is 158 Å². The maximum atomic E-state index is 2.46. The Morgan fingerprint density at radius 1 is 0.731 bits per heavy atom. The van der Waals surface area contributed by atoms with Crippen LogP contribution in [-0.4, -0.2) is 0 Å². The van der Waals surface area contributed by atoms with Crippen molar-refractivity contribution in [2.75, 3.05) is 0 Å². The van der Waals surface area contributed by atoms with Crippen molar-refractivity contribution in [3.8, 4) is 0 Å². The van der Waals surface area contributed by atoms with Crippen LogP contribution in [0.25, 0.3) is 10.8 Å². The van der Waals surface area contributed by atoms with Gasteiger partial charge >= 0.3 is 0 Å². The largest absolute Gasteiger partial charge is 0.0651 e. The number of fused-ring (bicyclic) bond motifs is 2. The number of hydrogen-bond donors (Lipinski definition) is 0. The van der Waals surface area contributed by atoms with Crippen LogP contribution < -0.4 is 0 Å². The van der Waals surface area contributed by atoms with Gasteiger partial charge in [0.25, 0.3) is 0 Å². The maximum absolute atomic E-state index is 2.46. The first-order valence-corrected chi connectivity index (χ1v) is 10.4. The van der Waals surface area contributed by atoms with Crippen molar-refractivity contribution in [3.05, 3.63) is 82.4 Å². The number of rotatable bonds is 5. The lowest BCUT2D eigenvalue weighted by atomic mass is 9.79. The first kappa shape index (κ1) is 17.3. The quantitative estimate of drug-likeness (QED) is 0.467. The molecule has 1 atom stereocenters. The van der Waals surface area contributed by atoms with Crippen LogP contribution >= 0.6 is 0 Å². The van der Waals surface area contributed by atoms with Crippen molar-refractivity contribution in [3.63, 3.8) is 0 Å². The summed E-state index contributed by atoms with van der Waals surface area (Å²) in [6, 6.07) is 21.3. The molecule has 0 saturated heterocycles. The Hall–Kier alpha value is -2.08. The molecule has 26 heavy (non-hydrogen) atoms. The molecule has 4 rings (SSSR count). The molecular weight excluding hydrogens is 312 g/mol. The minimum Gasteiger partial charge on any atom is -0.0651 e. The summed E-state index contributed by atoms with van der Waals surface area (Å²) in [4.78, 5) is 0. The molecule has 0 spiro atoms. The molecule has 134 valence electrons. The Balaban J connectivity index is 1.57. The van der Waals surface area contributed by atoms with Crippen molar-refractivity contribution in [1.29, 1.82) is 0 Å². The molecule has 1 aliphatic rings. The smallest absolute Gasteiger partial charge is 0.0118 e. The second-order valence-corrected chi connectivity index (χ2v) is 7.98. The first-order valence-electron chi connectivity index (χ1n) is 10.4. The highest BCUT2D eigenvalue weighted by molar-refractivity contribution is 5.84. The lowest BCUT2D eigenvalue weighted by Crippen LogP contribution is -2.13. The second kappa shape index (κ2) is 7.66. The van der Waals surface area contributed by atoms with E-state index in [0.717, 1.165) is 0 Å². The Kier molecular flexibility index (Phi) is 5.11. The molecular formula is C26H30. The third kappa shape index (κ3) is 3.56. The molecule has 0 N–H and O–H groups in total. The molecule has 3 aromatic carbocycles. The van der Waals surface area contributed by atoms with E-state index in [9.17, 15) is 0 Å². The Bertz CT molecular complexity index is 903. The first-order chi connectivity index (χ1) is 12.8. The fraction of sp³-hybridized carbons (Fsp3) is 0.385. The van der Waals surface area contributed by atoms with Gasteiger partial charge in [-0.25, -0.2) is 0 Å². The van der Waals surface area contributed by atoms with Gasteiger partial charge in [-0.2, -0.15) is 0 Å². The highest BCUT2D eigenvalue weighted by Gasteiger charge is 2.20. The van der Waals surface area contributed by atoms with Gasteiger partial charge in [-0.05, 0) is 76.6 Å². The molecule has 0 bridgehead atoms. The summed E-state index contributed by atoms with van der Waals surface area (Å²) in [5, 5.41) is 2.78. The highest BCUT2D eigenvalue weighted by atomic mass is 14.2. The minimum atomic E-state index is 0.666. The fourth-order valence-corrected chi connectivity index (χ4v) is 4.55. The van der Waals surface area contributed by atoms with E-state index in [4.69, 9.17) is 0 Å². The molecule has 0 aliphatic heterocycles. The van der Waals surface area contributed by atoms with Crippen molar-refractivity contribution in [2.24, 2.45) is 0 Å². The van der Waals surface area contributed by atoms with Crippen LogP contribution in [-0.2, 0) is 25.7 Å².